The summed E-state index contributed by atoms with van der Waals surface area (Å²) in [5, 5.41) is 9.26. The molecule has 0 aliphatic carbocycles. The maximum absolute atomic E-state index is 13.1. The molecule has 16 heavy (non-hydrogen) atoms. The summed E-state index contributed by atoms with van der Waals surface area (Å²) in [6.07, 6.45) is 0.892. The summed E-state index contributed by atoms with van der Waals surface area (Å²) < 4.78 is 12.0. The number of thioether (sulfide) groups is 1. The summed E-state index contributed by atoms with van der Waals surface area (Å²) in [6.45, 7) is 3.60. The molecule has 0 aromatic heterocycles. The number of rotatable bonds is 5. The molecule has 1 N–H and O–H groups in total. The Morgan fingerprint density at radius 3 is 2.75 bits per heavy atom. The van der Waals surface area contributed by atoms with Crippen LogP contribution < -0.4 is 0 Å². The van der Waals surface area contributed by atoms with Crippen molar-refractivity contribution in [2.75, 3.05) is 5.75 Å². The van der Waals surface area contributed by atoms with Crippen LogP contribution in [0.25, 0.3) is 0 Å². The predicted molar refractivity (Wildman–Crippen MR) is 64.1 cm³/mol. The molecule has 0 aliphatic heterocycles. The standard InChI is InChI=1S/C12H15FO2S/c1-3-7-16-12(2,11(14)15)9-5-4-6-10(13)8-9/h4-6,8H,3,7H2,1-2H3,(H,14,15). The number of aliphatic carboxylic acids is 1. The first-order valence-electron chi connectivity index (χ1n) is 5.14. The van der Waals surface area contributed by atoms with Gasteiger partial charge in [0, 0.05) is 0 Å². The third-order valence-corrected chi connectivity index (χ3v) is 3.98. The lowest BCUT2D eigenvalue weighted by molar-refractivity contribution is -0.139. The Bertz CT molecular complexity index is 381. The van der Waals surface area contributed by atoms with Crippen LogP contribution in [0.3, 0.4) is 0 Å². The number of carboxylic acids is 1. The van der Waals surface area contributed by atoms with Crippen molar-refractivity contribution in [3.05, 3.63) is 35.6 Å². The Morgan fingerprint density at radius 1 is 1.56 bits per heavy atom. The molecule has 0 aliphatic rings. The molecule has 1 aromatic rings. The minimum absolute atomic E-state index is 0.401. The number of hydrogen-bond donors (Lipinski definition) is 1. The van der Waals surface area contributed by atoms with Gasteiger partial charge >= 0.3 is 5.97 Å². The Balaban J connectivity index is 3.06. The fourth-order valence-electron chi connectivity index (χ4n) is 1.36. The molecular formula is C12H15FO2S. The van der Waals surface area contributed by atoms with Crippen molar-refractivity contribution in [1.29, 1.82) is 0 Å². The molecule has 0 spiro atoms. The first-order chi connectivity index (χ1) is 7.50. The monoisotopic (exact) mass is 242 g/mol. The van der Waals surface area contributed by atoms with Crippen LogP contribution in [0.15, 0.2) is 24.3 Å². The van der Waals surface area contributed by atoms with Gasteiger partial charge in [-0.15, -0.1) is 11.8 Å². The molecule has 88 valence electrons. The van der Waals surface area contributed by atoms with Gasteiger partial charge in [0.05, 0.1) is 0 Å². The maximum atomic E-state index is 13.1. The van der Waals surface area contributed by atoms with E-state index in [2.05, 4.69) is 0 Å². The predicted octanol–water partition coefficient (Wildman–Crippen LogP) is 3.27. The number of carbonyl (C=O) groups is 1. The average Bonchev–Trinajstić information content (AvgIpc) is 2.25. The molecule has 1 atom stereocenters. The van der Waals surface area contributed by atoms with Crippen molar-refractivity contribution in [2.45, 2.75) is 25.0 Å². The second-order valence-corrected chi connectivity index (χ2v) is 5.21. The highest BCUT2D eigenvalue weighted by molar-refractivity contribution is 8.00. The van der Waals surface area contributed by atoms with Crippen LogP contribution in [0, 0.1) is 5.82 Å². The topological polar surface area (TPSA) is 37.3 Å². The summed E-state index contributed by atoms with van der Waals surface area (Å²) >= 11 is 1.33. The minimum atomic E-state index is -1.07. The van der Waals surface area contributed by atoms with Crippen LogP contribution in [0.5, 0.6) is 0 Å². The lowest BCUT2D eigenvalue weighted by Gasteiger charge is -2.24. The summed E-state index contributed by atoms with van der Waals surface area (Å²) in [5.41, 5.74) is 0.499. The van der Waals surface area contributed by atoms with E-state index in [1.54, 1.807) is 19.1 Å². The first-order valence-corrected chi connectivity index (χ1v) is 6.12. The van der Waals surface area contributed by atoms with E-state index in [4.69, 9.17) is 0 Å². The van der Waals surface area contributed by atoms with Crippen LogP contribution in [0.4, 0.5) is 4.39 Å². The van der Waals surface area contributed by atoms with Crippen molar-refractivity contribution >= 4 is 17.7 Å². The summed E-state index contributed by atoms with van der Waals surface area (Å²) in [6, 6.07) is 5.80. The molecule has 0 bridgehead atoms. The smallest absolute Gasteiger partial charge is 0.324 e. The Morgan fingerprint density at radius 2 is 2.25 bits per heavy atom. The summed E-state index contributed by atoms with van der Waals surface area (Å²) in [4.78, 5) is 11.3. The van der Waals surface area contributed by atoms with E-state index in [-0.39, 0.29) is 0 Å². The van der Waals surface area contributed by atoms with Crippen molar-refractivity contribution < 1.29 is 14.3 Å². The summed E-state index contributed by atoms with van der Waals surface area (Å²) in [7, 11) is 0. The number of carboxylic acid groups (broad SMARTS) is 1. The molecule has 0 amide bonds. The first kappa shape index (κ1) is 13.0. The van der Waals surface area contributed by atoms with E-state index in [0.29, 0.717) is 5.56 Å². The molecule has 0 heterocycles. The van der Waals surface area contributed by atoms with Gasteiger partial charge in [-0.3, -0.25) is 4.79 Å². The number of hydrogen-bond acceptors (Lipinski definition) is 2. The number of halogens is 1. The van der Waals surface area contributed by atoms with E-state index >= 15 is 0 Å². The fourth-order valence-corrected chi connectivity index (χ4v) is 2.39. The molecule has 0 saturated carbocycles. The van der Waals surface area contributed by atoms with Gasteiger partial charge in [0.2, 0.25) is 0 Å². The van der Waals surface area contributed by atoms with Crippen LogP contribution >= 0.6 is 11.8 Å². The number of benzene rings is 1. The quantitative estimate of drug-likeness (QED) is 0.861. The van der Waals surface area contributed by atoms with E-state index in [1.807, 2.05) is 6.92 Å². The van der Waals surface area contributed by atoms with Gasteiger partial charge in [-0.2, -0.15) is 0 Å². The maximum Gasteiger partial charge on any atom is 0.324 e. The second-order valence-electron chi connectivity index (χ2n) is 3.70. The Kier molecular flexibility index (Phi) is 4.35. The van der Waals surface area contributed by atoms with Crippen molar-refractivity contribution in [2.24, 2.45) is 0 Å². The van der Waals surface area contributed by atoms with Crippen LogP contribution in [-0.4, -0.2) is 16.8 Å². The van der Waals surface area contributed by atoms with E-state index in [9.17, 15) is 14.3 Å². The SMILES string of the molecule is CCCSC(C)(C(=O)O)c1cccc(F)c1. The Labute approximate surface area is 98.9 Å². The van der Waals surface area contributed by atoms with Crippen LogP contribution in [-0.2, 0) is 9.54 Å². The van der Waals surface area contributed by atoms with Crippen molar-refractivity contribution in [3.63, 3.8) is 0 Å². The largest absolute Gasteiger partial charge is 0.480 e. The molecule has 0 fully saturated rings. The van der Waals surface area contributed by atoms with Gasteiger partial charge in [0.1, 0.15) is 10.6 Å². The zero-order chi connectivity index (χ0) is 12.2. The highest BCUT2D eigenvalue weighted by Gasteiger charge is 2.35. The van der Waals surface area contributed by atoms with Crippen LogP contribution in [0.1, 0.15) is 25.8 Å². The third-order valence-electron chi connectivity index (χ3n) is 2.38. The third kappa shape index (κ3) is 2.76. The molecule has 4 heteroatoms. The van der Waals surface area contributed by atoms with E-state index < -0.39 is 16.5 Å². The fraction of sp³-hybridized carbons (Fsp3) is 0.417. The molecule has 0 radical (unpaired) electrons. The average molecular weight is 242 g/mol. The highest BCUT2D eigenvalue weighted by atomic mass is 32.2. The molecule has 1 unspecified atom stereocenters. The molecule has 1 rings (SSSR count). The van der Waals surface area contributed by atoms with Gasteiger partial charge in [-0.25, -0.2) is 4.39 Å². The van der Waals surface area contributed by atoms with E-state index in [1.165, 1.54) is 23.9 Å². The highest BCUT2D eigenvalue weighted by Crippen LogP contribution is 2.37. The lowest BCUT2D eigenvalue weighted by atomic mass is 10.0. The van der Waals surface area contributed by atoms with Gasteiger partial charge < -0.3 is 5.11 Å². The molecule has 1 aromatic carbocycles. The van der Waals surface area contributed by atoms with E-state index in [0.717, 1.165) is 12.2 Å². The van der Waals surface area contributed by atoms with Crippen LogP contribution in [0.2, 0.25) is 0 Å². The zero-order valence-electron chi connectivity index (χ0n) is 9.37. The molecule has 0 saturated heterocycles. The molecular weight excluding hydrogens is 227 g/mol. The molecule has 2 nitrogen and oxygen atoms in total. The van der Waals surface area contributed by atoms with Crippen molar-refractivity contribution in [1.82, 2.24) is 0 Å². The van der Waals surface area contributed by atoms with Crippen molar-refractivity contribution in [3.8, 4) is 0 Å². The lowest BCUT2D eigenvalue weighted by Crippen LogP contribution is -2.29. The second kappa shape index (κ2) is 5.34. The van der Waals surface area contributed by atoms with Gasteiger partial charge in [0.15, 0.2) is 0 Å². The summed E-state index contributed by atoms with van der Waals surface area (Å²) in [5.74, 6) is -0.599. The van der Waals surface area contributed by atoms with Gasteiger partial charge in [-0.05, 0) is 36.8 Å². The zero-order valence-corrected chi connectivity index (χ0v) is 10.2. The Hall–Kier alpha value is -1.03. The van der Waals surface area contributed by atoms with Gasteiger partial charge in [0.25, 0.3) is 0 Å². The normalized spacial score (nSPS) is 14.4. The van der Waals surface area contributed by atoms with Gasteiger partial charge in [-0.1, -0.05) is 19.1 Å². The minimum Gasteiger partial charge on any atom is -0.480 e.